The van der Waals surface area contributed by atoms with Gasteiger partial charge in [-0.25, -0.2) is 4.57 Å². The predicted octanol–water partition coefficient (Wildman–Crippen LogP) is 13.4. The first-order valence-corrected chi connectivity index (χ1v) is 24.7. The van der Waals surface area contributed by atoms with Gasteiger partial charge in [0.25, 0.3) is 0 Å². The zero-order valence-electron chi connectivity index (χ0n) is 35.9. The van der Waals surface area contributed by atoms with Crippen LogP contribution in [0.15, 0.2) is 12.2 Å². The number of phosphoric ester groups is 1. The fourth-order valence-corrected chi connectivity index (χ4v) is 7.45. The lowest BCUT2D eigenvalue weighted by Gasteiger charge is -2.19. The topological polar surface area (TPSA) is 134 Å². The first-order valence-electron chi connectivity index (χ1n) is 23.2. The molecule has 0 spiro atoms. The summed E-state index contributed by atoms with van der Waals surface area (Å²) in [7, 11) is -4.38. The van der Waals surface area contributed by atoms with Crippen LogP contribution in [0.1, 0.15) is 232 Å². The molecule has 0 aromatic rings. The van der Waals surface area contributed by atoms with E-state index in [1.54, 1.807) is 0 Å². The minimum atomic E-state index is -4.38. The molecule has 0 aromatic heterocycles. The van der Waals surface area contributed by atoms with Gasteiger partial charge in [-0.3, -0.25) is 18.6 Å². The number of hydrogen-bond donors (Lipinski definition) is 2. The zero-order valence-corrected chi connectivity index (χ0v) is 36.8. The van der Waals surface area contributed by atoms with Crippen molar-refractivity contribution in [3.63, 3.8) is 0 Å². The van der Waals surface area contributed by atoms with E-state index in [-0.39, 0.29) is 38.6 Å². The Hall–Kier alpha value is -1.25. The molecule has 0 aromatic carbocycles. The standard InChI is InChI=1S/C45H88NO8P/c1-3-5-7-9-11-13-15-17-19-20-21-22-24-25-27-29-31-33-35-37-44(47)51-41-43(42-53-55(49,50)52-40-39-46)54-45(48)38-36-34-32-30-28-26-23-18-16-14-12-10-8-6-4-2/h28,30,43H,3-27,29,31-42,46H2,1-2H3,(H,49,50)/b30-28+/t43-/m1/s1. The van der Waals surface area contributed by atoms with Gasteiger partial charge >= 0.3 is 19.8 Å². The number of unbranched alkanes of at least 4 members (excludes halogenated alkanes) is 29. The van der Waals surface area contributed by atoms with Gasteiger partial charge in [-0.05, 0) is 38.5 Å². The number of nitrogens with two attached hydrogens (primary N) is 1. The van der Waals surface area contributed by atoms with Crippen molar-refractivity contribution in [3.8, 4) is 0 Å². The summed E-state index contributed by atoms with van der Waals surface area (Å²) in [4.78, 5) is 34.9. The number of rotatable bonds is 44. The van der Waals surface area contributed by atoms with Crippen LogP contribution in [0.4, 0.5) is 0 Å². The molecule has 0 radical (unpaired) electrons. The van der Waals surface area contributed by atoms with E-state index in [0.29, 0.717) is 6.42 Å². The summed E-state index contributed by atoms with van der Waals surface area (Å²) in [6.07, 6.45) is 43.9. The molecule has 3 N–H and O–H groups in total. The number of ether oxygens (including phenoxy) is 2. The highest BCUT2D eigenvalue weighted by atomic mass is 31.2. The van der Waals surface area contributed by atoms with Crippen LogP contribution in [0.2, 0.25) is 0 Å². The van der Waals surface area contributed by atoms with Gasteiger partial charge < -0.3 is 20.1 Å². The molecule has 0 heterocycles. The Morgan fingerprint density at radius 2 is 0.891 bits per heavy atom. The SMILES string of the molecule is CCCCCCCCCCC/C=C/CCCCC(=O)O[C@H](COC(=O)CCCCCCCCCCCCCCCCCCCCC)COP(=O)(O)OCCN. The van der Waals surface area contributed by atoms with E-state index in [1.807, 2.05) is 0 Å². The van der Waals surface area contributed by atoms with Gasteiger partial charge in [0.2, 0.25) is 0 Å². The number of carbonyl (C=O) groups excluding carboxylic acids is 2. The van der Waals surface area contributed by atoms with Crippen molar-refractivity contribution < 1.29 is 37.6 Å². The van der Waals surface area contributed by atoms with Crippen molar-refractivity contribution >= 4 is 19.8 Å². The largest absolute Gasteiger partial charge is 0.472 e. The van der Waals surface area contributed by atoms with Crippen molar-refractivity contribution in [2.75, 3.05) is 26.4 Å². The second-order valence-electron chi connectivity index (χ2n) is 15.6. The number of allylic oxidation sites excluding steroid dienone is 2. The molecule has 55 heavy (non-hydrogen) atoms. The van der Waals surface area contributed by atoms with E-state index < -0.39 is 26.5 Å². The zero-order chi connectivity index (χ0) is 40.3. The van der Waals surface area contributed by atoms with Gasteiger partial charge in [0.05, 0.1) is 13.2 Å². The molecule has 0 saturated heterocycles. The van der Waals surface area contributed by atoms with Crippen LogP contribution in [-0.2, 0) is 32.7 Å². The smallest absolute Gasteiger partial charge is 0.462 e. The summed E-state index contributed by atoms with van der Waals surface area (Å²) < 4.78 is 32.8. The molecule has 0 aliphatic rings. The normalized spacial score (nSPS) is 13.3. The molecule has 2 atom stereocenters. The van der Waals surface area contributed by atoms with Crippen LogP contribution in [0.3, 0.4) is 0 Å². The molecule has 0 aliphatic heterocycles. The lowest BCUT2D eigenvalue weighted by molar-refractivity contribution is -0.161. The van der Waals surface area contributed by atoms with Crippen LogP contribution in [0.5, 0.6) is 0 Å². The first-order chi connectivity index (χ1) is 26.8. The molecule has 9 nitrogen and oxygen atoms in total. The minimum Gasteiger partial charge on any atom is -0.462 e. The van der Waals surface area contributed by atoms with Crippen LogP contribution in [0.25, 0.3) is 0 Å². The van der Waals surface area contributed by atoms with E-state index >= 15 is 0 Å². The Morgan fingerprint density at radius 1 is 0.527 bits per heavy atom. The van der Waals surface area contributed by atoms with Gasteiger partial charge in [-0.15, -0.1) is 0 Å². The third kappa shape index (κ3) is 42.2. The van der Waals surface area contributed by atoms with Crippen LogP contribution in [-0.4, -0.2) is 49.3 Å². The van der Waals surface area contributed by atoms with E-state index in [0.717, 1.165) is 38.5 Å². The Morgan fingerprint density at radius 3 is 1.33 bits per heavy atom. The molecular weight excluding hydrogens is 713 g/mol. The van der Waals surface area contributed by atoms with Gasteiger partial charge in [0.15, 0.2) is 6.10 Å². The van der Waals surface area contributed by atoms with Crippen molar-refractivity contribution in [2.24, 2.45) is 5.73 Å². The van der Waals surface area contributed by atoms with Crippen molar-refractivity contribution in [2.45, 2.75) is 238 Å². The third-order valence-corrected chi connectivity index (χ3v) is 11.1. The van der Waals surface area contributed by atoms with Crippen molar-refractivity contribution in [1.82, 2.24) is 0 Å². The second kappa shape index (κ2) is 42.4. The average Bonchev–Trinajstić information content (AvgIpc) is 3.17. The summed E-state index contributed by atoms with van der Waals surface area (Å²) in [6, 6.07) is 0. The van der Waals surface area contributed by atoms with E-state index in [1.165, 1.54) is 161 Å². The maximum Gasteiger partial charge on any atom is 0.472 e. The molecular formula is C45H88NO8P. The van der Waals surface area contributed by atoms with Crippen LogP contribution < -0.4 is 5.73 Å². The lowest BCUT2D eigenvalue weighted by Crippen LogP contribution is -2.29. The summed E-state index contributed by atoms with van der Waals surface area (Å²) >= 11 is 0. The molecule has 0 rings (SSSR count). The van der Waals surface area contributed by atoms with Gasteiger partial charge in [0.1, 0.15) is 6.61 Å². The maximum atomic E-state index is 12.6. The highest BCUT2D eigenvalue weighted by Gasteiger charge is 2.26. The molecule has 0 amide bonds. The van der Waals surface area contributed by atoms with Crippen molar-refractivity contribution in [3.05, 3.63) is 12.2 Å². The highest BCUT2D eigenvalue weighted by molar-refractivity contribution is 7.47. The fraction of sp³-hybridized carbons (Fsp3) is 0.911. The summed E-state index contributed by atoms with van der Waals surface area (Å²) in [5, 5.41) is 0. The lowest BCUT2D eigenvalue weighted by atomic mass is 10.0. The van der Waals surface area contributed by atoms with E-state index in [9.17, 15) is 19.0 Å². The molecule has 0 saturated carbocycles. The number of phosphoric acid groups is 1. The van der Waals surface area contributed by atoms with Gasteiger partial charge in [-0.1, -0.05) is 193 Å². The Balaban J connectivity index is 4.08. The van der Waals surface area contributed by atoms with Gasteiger partial charge in [-0.2, -0.15) is 0 Å². The second-order valence-corrected chi connectivity index (χ2v) is 17.1. The Kier molecular flexibility index (Phi) is 41.4. The Bertz CT molecular complexity index is 917. The minimum absolute atomic E-state index is 0.0534. The monoisotopic (exact) mass is 802 g/mol. The highest BCUT2D eigenvalue weighted by Crippen LogP contribution is 2.43. The molecule has 10 heteroatoms. The quantitative estimate of drug-likeness (QED) is 0.0267. The van der Waals surface area contributed by atoms with E-state index in [4.69, 9.17) is 24.3 Å². The van der Waals surface area contributed by atoms with Gasteiger partial charge in [0, 0.05) is 19.4 Å². The molecule has 0 bridgehead atoms. The number of carbonyl (C=O) groups is 2. The van der Waals surface area contributed by atoms with Crippen LogP contribution >= 0.6 is 7.82 Å². The third-order valence-electron chi connectivity index (χ3n) is 10.2. The predicted molar refractivity (Wildman–Crippen MR) is 229 cm³/mol. The summed E-state index contributed by atoms with van der Waals surface area (Å²) in [6.45, 7) is 3.75. The van der Waals surface area contributed by atoms with E-state index in [2.05, 4.69) is 26.0 Å². The molecule has 1 unspecified atom stereocenters. The average molecular weight is 802 g/mol. The number of hydrogen-bond acceptors (Lipinski definition) is 8. The first kappa shape index (κ1) is 53.8. The summed E-state index contributed by atoms with van der Waals surface area (Å²) in [5.41, 5.74) is 5.35. The maximum absolute atomic E-state index is 12.6. The Labute approximate surface area is 339 Å². The molecule has 326 valence electrons. The fourth-order valence-electron chi connectivity index (χ4n) is 6.69. The molecule has 0 fully saturated rings. The molecule has 0 aliphatic carbocycles. The van der Waals surface area contributed by atoms with Crippen LogP contribution in [0, 0.1) is 0 Å². The number of esters is 2. The van der Waals surface area contributed by atoms with Crippen molar-refractivity contribution in [1.29, 1.82) is 0 Å². The summed E-state index contributed by atoms with van der Waals surface area (Å²) in [5.74, 6) is -0.841.